The fourth-order valence-corrected chi connectivity index (χ4v) is 2.42. The number of nitrogens with one attached hydrogen (secondary N) is 1. The molecule has 0 spiro atoms. The largest absolute Gasteiger partial charge is 0.490 e. The van der Waals surface area contributed by atoms with Crippen molar-refractivity contribution in [2.45, 2.75) is 25.9 Å². The lowest BCUT2D eigenvalue weighted by atomic mass is 10.1. The molecule has 1 atom stereocenters. The van der Waals surface area contributed by atoms with Crippen LogP contribution in [-0.4, -0.2) is 12.6 Å². The van der Waals surface area contributed by atoms with Gasteiger partial charge in [0.2, 0.25) is 0 Å². The van der Waals surface area contributed by atoms with Crippen LogP contribution in [0.15, 0.2) is 18.2 Å². The van der Waals surface area contributed by atoms with Gasteiger partial charge < -0.3 is 10.1 Å². The molecule has 0 bridgehead atoms. The summed E-state index contributed by atoms with van der Waals surface area (Å²) in [5.74, 6) is 1.06. The number of ether oxygens (including phenoxy) is 1. The van der Waals surface area contributed by atoms with Crippen molar-refractivity contribution >= 4 is 22.6 Å². The molecule has 1 aromatic rings. The molecular formula is C11H14INO. The molecule has 0 saturated carbocycles. The van der Waals surface area contributed by atoms with Gasteiger partial charge in [0.25, 0.3) is 0 Å². The molecule has 0 aromatic heterocycles. The van der Waals surface area contributed by atoms with Gasteiger partial charge in [-0.1, -0.05) is 26.0 Å². The average molecular weight is 303 g/mol. The highest BCUT2D eigenvalue weighted by atomic mass is 127. The lowest BCUT2D eigenvalue weighted by Crippen LogP contribution is -2.28. The molecule has 1 heterocycles. The molecule has 76 valence electrons. The van der Waals surface area contributed by atoms with Crippen molar-refractivity contribution in [2.75, 3.05) is 6.61 Å². The Morgan fingerprint density at radius 1 is 1.50 bits per heavy atom. The maximum atomic E-state index is 5.67. The highest BCUT2D eigenvalue weighted by Crippen LogP contribution is 2.36. The van der Waals surface area contributed by atoms with Crippen LogP contribution >= 0.6 is 22.6 Å². The number of rotatable bonds is 2. The standard InChI is InChI=1S/C11H14INO/c1-7(2)13-10-6-14-11-8(10)4-3-5-9(11)12/h3-5,7,10,13H,6H2,1-2H3. The molecule has 2 rings (SSSR count). The van der Waals surface area contributed by atoms with Gasteiger partial charge in [-0.3, -0.25) is 0 Å². The van der Waals surface area contributed by atoms with Crippen molar-refractivity contribution in [2.24, 2.45) is 0 Å². The van der Waals surface area contributed by atoms with E-state index < -0.39 is 0 Å². The zero-order valence-corrected chi connectivity index (χ0v) is 10.5. The fraction of sp³-hybridized carbons (Fsp3) is 0.455. The summed E-state index contributed by atoms with van der Waals surface area (Å²) in [7, 11) is 0. The van der Waals surface area contributed by atoms with Crippen molar-refractivity contribution in [1.82, 2.24) is 5.32 Å². The van der Waals surface area contributed by atoms with E-state index in [4.69, 9.17) is 4.74 Å². The Morgan fingerprint density at radius 3 is 3.00 bits per heavy atom. The van der Waals surface area contributed by atoms with Crippen LogP contribution in [0, 0.1) is 3.57 Å². The van der Waals surface area contributed by atoms with Gasteiger partial charge in [0, 0.05) is 11.6 Å². The molecule has 1 aromatic carbocycles. The topological polar surface area (TPSA) is 21.3 Å². The van der Waals surface area contributed by atoms with Gasteiger partial charge in [-0.15, -0.1) is 0 Å². The quantitative estimate of drug-likeness (QED) is 0.848. The van der Waals surface area contributed by atoms with Gasteiger partial charge in [-0.25, -0.2) is 0 Å². The van der Waals surface area contributed by atoms with Gasteiger partial charge in [-0.05, 0) is 28.7 Å². The Bertz CT molecular complexity index is 338. The molecule has 1 unspecified atom stereocenters. The van der Waals surface area contributed by atoms with Crippen molar-refractivity contribution in [1.29, 1.82) is 0 Å². The summed E-state index contributed by atoms with van der Waals surface area (Å²) < 4.78 is 6.87. The zero-order valence-electron chi connectivity index (χ0n) is 8.38. The Hall–Kier alpha value is -0.290. The minimum absolute atomic E-state index is 0.361. The van der Waals surface area contributed by atoms with Crippen LogP contribution in [0.3, 0.4) is 0 Å². The Balaban J connectivity index is 2.26. The number of hydrogen-bond donors (Lipinski definition) is 1. The Labute approximate surface area is 98.2 Å². The normalized spacial score (nSPS) is 19.6. The van der Waals surface area contributed by atoms with Crippen LogP contribution in [0.5, 0.6) is 5.75 Å². The smallest absolute Gasteiger partial charge is 0.137 e. The van der Waals surface area contributed by atoms with Gasteiger partial charge in [0.15, 0.2) is 0 Å². The van der Waals surface area contributed by atoms with Crippen LogP contribution in [0.25, 0.3) is 0 Å². The van der Waals surface area contributed by atoms with E-state index in [-0.39, 0.29) is 0 Å². The van der Waals surface area contributed by atoms with E-state index in [9.17, 15) is 0 Å². The van der Waals surface area contributed by atoms with Crippen molar-refractivity contribution in [3.8, 4) is 5.75 Å². The van der Waals surface area contributed by atoms with E-state index in [2.05, 4.69) is 60.0 Å². The lowest BCUT2D eigenvalue weighted by Gasteiger charge is -2.14. The van der Waals surface area contributed by atoms with Crippen LogP contribution in [0.1, 0.15) is 25.5 Å². The first-order valence-electron chi connectivity index (χ1n) is 4.85. The number of hydrogen-bond acceptors (Lipinski definition) is 2. The highest BCUT2D eigenvalue weighted by molar-refractivity contribution is 14.1. The first kappa shape index (κ1) is 10.2. The van der Waals surface area contributed by atoms with Crippen molar-refractivity contribution < 1.29 is 4.74 Å². The summed E-state index contributed by atoms with van der Waals surface area (Å²) in [5, 5.41) is 3.50. The van der Waals surface area contributed by atoms with Crippen LogP contribution < -0.4 is 10.1 Å². The third-order valence-corrected chi connectivity index (χ3v) is 3.15. The van der Waals surface area contributed by atoms with E-state index >= 15 is 0 Å². The van der Waals surface area contributed by atoms with Crippen molar-refractivity contribution in [3.05, 3.63) is 27.3 Å². The summed E-state index contributed by atoms with van der Waals surface area (Å²) in [4.78, 5) is 0. The van der Waals surface area contributed by atoms with E-state index in [1.54, 1.807) is 0 Å². The minimum Gasteiger partial charge on any atom is -0.490 e. The lowest BCUT2D eigenvalue weighted by molar-refractivity contribution is 0.302. The Morgan fingerprint density at radius 2 is 2.29 bits per heavy atom. The molecule has 0 aliphatic carbocycles. The van der Waals surface area contributed by atoms with Gasteiger partial charge in [0.05, 0.1) is 9.61 Å². The molecule has 0 radical (unpaired) electrons. The maximum absolute atomic E-state index is 5.67. The first-order chi connectivity index (χ1) is 6.68. The average Bonchev–Trinajstić information content (AvgIpc) is 2.49. The highest BCUT2D eigenvalue weighted by Gasteiger charge is 2.25. The molecule has 1 aliphatic heterocycles. The monoisotopic (exact) mass is 303 g/mol. The molecule has 1 aliphatic rings. The molecule has 0 saturated heterocycles. The number of halogens is 1. The SMILES string of the molecule is CC(C)NC1COc2c(I)cccc21. The first-order valence-corrected chi connectivity index (χ1v) is 5.93. The van der Waals surface area contributed by atoms with Crippen LogP contribution in [-0.2, 0) is 0 Å². The number of benzene rings is 1. The second kappa shape index (κ2) is 4.06. The fourth-order valence-electron chi connectivity index (χ4n) is 1.75. The molecule has 2 nitrogen and oxygen atoms in total. The molecule has 0 amide bonds. The summed E-state index contributed by atoms with van der Waals surface area (Å²) in [5.41, 5.74) is 1.30. The summed E-state index contributed by atoms with van der Waals surface area (Å²) >= 11 is 2.32. The van der Waals surface area contributed by atoms with E-state index in [1.807, 2.05) is 0 Å². The van der Waals surface area contributed by atoms with Gasteiger partial charge in [-0.2, -0.15) is 0 Å². The molecule has 14 heavy (non-hydrogen) atoms. The van der Waals surface area contributed by atoms with E-state index in [0.717, 1.165) is 12.4 Å². The van der Waals surface area contributed by atoms with E-state index in [1.165, 1.54) is 9.13 Å². The van der Waals surface area contributed by atoms with Crippen LogP contribution in [0.2, 0.25) is 0 Å². The van der Waals surface area contributed by atoms with Crippen molar-refractivity contribution in [3.63, 3.8) is 0 Å². The van der Waals surface area contributed by atoms with Gasteiger partial charge in [0.1, 0.15) is 12.4 Å². The molecule has 1 N–H and O–H groups in total. The molecular weight excluding hydrogens is 289 g/mol. The van der Waals surface area contributed by atoms with E-state index in [0.29, 0.717) is 12.1 Å². The summed E-state index contributed by atoms with van der Waals surface area (Å²) in [6, 6.07) is 7.17. The Kier molecular flexibility index (Phi) is 2.97. The number of fused-ring (bicyclic) bond motifs is 1. The molecule has 3 heteroatoms. The minimum atomic E-state index is 0.361. The maximum Gasteiger partial charge on any atom is 0.137 e. The predicted molar refractivity (Wildman–Crippen MR) is 65.7 cm³/mol. The van der Waals surface area contributed by atoms with Crippen LogP contribution in [0.4, 0.5) is 0 Å². The third kappa shape index (κ3) is 1.88. The second-order valence-corrected chi connectivity index (χ2v) is 5.01. The summed E-state index contributed by atoms with van der Waals surface area (Å²) in [6.45, 7) is 5.07. The molecule has 0 fully saturated rings. The predicted octanol–water partition coefficient (Wildman–Crippen LogP) is 2.72. The second-order valence-electron chi connectivity index (χ2n) is 3.84. The van der Waals surface area contributed by atoms with Gasteiger partial charge >= 0.3 is 0 Å². The number of para-hydroxylation sites is 1. The summed E-state index contributed by atoms with van der Waals surface area (Å²) in [6.07, 6.45) is 0. The zero-order chi connectivity index (χ0) is 10.1. The third-order valence-electron chi connectivity index (χ3n) is 2.30.